The molecule has 7 nitrogen and oxygen atoms in total. The van der Waals surface area contributed by atoms with Crippen molar-refractivity contribution in [3.63, 3.8) is 0 Å². The molecule has 0 radical (unpaired) electrons. The molecule has 176 valence electrons. The summed E-state index contributed by atoms with van der Waals surface area (Å²) in [5, 5.41) is 0. The first kappa shape index (κ1) is 23.6. The first-order valence-electron chi connectivity index (χ1n) is 10.8. The first-order valence-corrected chi connectivity index (χ1v) is 11.6. The standard InChI is InChI=1S/C26H25BrN2O5/c1-3-12-28(26(31)20-6-8-21(27)9-7-20)16-25(30)29(15-22-10-4-18(2)34-22)14-19-5-11-23-24(13-19)33-17-32-23/h3-11,13H,1,12,14-17H2,2H3. The minimum absolute atomic E-state index is 0.0921. The minimum Gasteiger partial charge on any atom is -0.464 e. The van der Waals surface area contributed by atoms with Crippen LogP contribution in [-0.2, 0) is 17.9 Å². The summed E-state index contributed by atoms with van der Waals surface area (Å²) in [5.41, 5.74) is 1.39. The molecular formula is C26H25BrN2O5. The number of furan rings is 1. The van der Waals surface area contributed by atoms with Crippen LogP contribution in [-0.4, -0.2) is 41.5 Å². The Balaban J connectivity index is 1.54. The Labute approximate surface area is 206 Å². The number of amides is 2. The molecule has 8 heteroatoms. The maximum Gasteiger partial charge on any atom is 0.254 e. The Kier molecular flexibility index (Phi) is 7.37. The van der Waals surface area contributed by atoms with Gasteiger partial charge in [0.25, 0.3) is 5.91 Å². The van der Waals surface area contributed by atoms with E-state index in [9.17, 15) is 9.59 Å². The van der Waals surface area contributed by atoms with Gasteiger partial charge in [0.05, 0.1) is 6.54 Å². The van der Waals surface area contributed by atoms with Crippen molar-refractivity contribution in [1.82, 2.24) is 9.80 Å². The number of aryl methyl sites for hydroxylation is 1. The number of carbonyl (C=O) groups excluding carboxylic acids is 2. The molecule has 0 atom stereocenters. The third-order valence-electron chi connectivity index (χ3n) is 5.36. The third-order valence-corrected chi connectivity index (χ3v) is 5.89. The summed E-state index contributed by atoms with van der Waals surface area (Å²) in [6.07, 6.45) is 1.61. The van der Waals surface area contributed by atoms with Crippen LogP contribution < -0.4 is 9.47 Å². The molecule has 2 amide bonds. The summed E-state index contributed by atoms with van der Waals surface area (Å²) in [4.78, 5) is 29.7. The maximum atomic E-state index is 13.5. The number of nitrogens with zero attached hydrogens (tertiary/aromatic N) is 2. The lowest BCUT2D eigenvalue weighted by Crippen LogP contribution is -2.42. The first-order chi connectivity index (χ1) is 16.4. The van der Waals surface area contributed by atoms with Gasteiger partial charge in [-0.05, 0) is 61.0 Å². The summed E-state index contributed by atoms with van der Waals surface area (Å²) in [7, 11) is 0. The van der Waals surface area contributed by atoms with E-state index in [0.717, 1.165) is 15.8 Å². The van der Waals surface area contributed by atoms with Crippen molar-refractivity contribution in [2.45, 2.75) is 20.0 Å². The summed E-state index contributed by atoms with van der Waals surface area (Å²) < 4.78 is 17.5. The molecule has 4 rings (SSSR count). The molecule has 1 aromatic heterocycles. The molecule has 1 aliphatic heterocycles. The predicted molar refractivity (Wildman–Crippen MR) is 131 cm³/mol. The van der Waals surface area contributed by atoms with E-state index in [1.54, 1.807) is 35.2 Å². The number of benzene rings is 2. The van der Waals surface area contributed by atoms with Gasteiger partial charge in [0, 0.05) is 23.1 Å². The zero-order chi connectivity index (χ0) is 24.1. The quantitative estimate of drug-likeness (QED) is 0.371. The van der Waals surface area contributed by atoms with Gasteiger partial charge in [0.15, 0.2) is 11.5 Å². The highest BCUT2D eigenvalue weighted by molar-refractivity contribution is 9.10. The molecule has 0 bridgehead atoms. The Morgan fingerprint density at radius 1 is 1.00 bits per heavy atom. The Bertz CT molecular complexity index is 1190. The fourth-order valence-corrected chi connectivity index (χ4v) is 3.93. The molecule has 0 aliphatic carbocycles. The average molecular weight is 525 g/mol. The van der Waals surface area contributed by atoms with Crippen molar-refractivity contribution in [2.24, 2.45) is 0 Å². The largest absolute Gasteiger partial charge is 0.464 e. The molecule has 2 heterocycles. The smallest absolute Gasteiger partial charge is 0.254 e. The highest BCUT2D eigenvalue weighted by Crippen LogP contribution is 2.33. The van der Waals surface area contributed by atoms with Crippen molar-refractivity contribution >= 4 is 27.7 Å². The van der Waals surface area contributed by atoms with E-state index in [2.05, 4.69) is 22.5 Å². The number of hydrogen-bond donors (Lipinski definition) is 0. The summed E-state index contributed by atoms with van der Waals surface area (Å²) in [6, 6.07) is 16.4. The molecule has 0 spiro atoms. The van der Waals surface area contributed by atoms with E-state index >= 15 is 0 Å². The van der Waals surface area contributed by atoms with Crippen LogP contribution in [0.3, 0.4) is 0 Å². The zero-order valence-corrected chi connectivity index (χ0v) is 20.4. The van der Waals surface area contributed by atoms with Gasteiger partial charge < -0.3 is 23.7 Å². The van der Waals surface area contributed by atoms with Crippen LogP contribution in [0.25, 0.3) is 0 Å². The lowest BCUT2D eigenvalue weighted by molar-refractivity contribution is -0.133. The van der Waals surface area contributed by atoms with Gasteiger partial charge in [0.2, 0.25) is 12.7 Å². The normalized spacial score (nSPS) is 11.8. The van der Waals surface area contributed by atoms with Crippen molar-refractivity contribution in [2.75, 3.05) is 19.9 Å². The SMILES string of the molecule is C=CCN(CC(=O)N(Cc1ccc2c(c1)OCO2)Cc1ccc(C)o1)C(=O)c1ccc(Br)cc1. The van der Waals surface area contributed by atoms with Crippen LogP contribution in [0.1, 0.15) is 27.4 Å². The Morgan fingerprint density at radius 3 is 2.47 bits per heavy atom. The van der Waals surface area contributed by atoms with E-state index in [1.807, 2.05) is 37.3 Å². The number of rotatable bonds is 9. The number of carbonyl (C=O) groups is 2. The number of hydrogen-bond acceptors (Lipinski definition) is 5. The summed E-state index contributed by atoms with van der Waals surface area (Å²) in [6.45, 7) is 6.54. The fraction of sp³-hybridized carbons (Fsp3) is 0.231. The van der Waals surface area contributed by atoms with Gasteiger partial charge in [-0.3, -0.25) is 9.59 Å². The molecule has 0 saturated heterocycles. The number of fused-ring (bicyclic) bond motifs is 1. The second-order valence-corrected chi connectivity index (χ2v) is 8.85. The van der Waals surface area contributed by atoms with E-state index in [1.165, 1.54) is 4.90 Å². The van der Waals surface area contributed by atoms with Crippen LogP contribution in [0.15, 0.2) is 76.1 Å². The second kappa shape index (κ2) is 10.6. The minimum atomic E-state index is -0.238. The van der Waals surface area contributed by atoms with Crippen LogP contribution in [0.5, 0.6) is 11.5 Å². The van der Waals surface area contributed by atoms with Crippen LogP contribution in [0, 0.1) is 6.92 Å². The van der Waals surface area contributed by atoms with E-state index in [0.29, 0.717) is 29.4 Å². The molecule has 0 unspecified atom stereocenters. The molecule has 0 saturated carbocycles. The monoisotopic (exact) mass is 524 g/mol. The molecule has 0 fully saturated rings. The Morgan fingerprint density at radius 2 is 1.76 bits per heavy atom. The van der Waals surface area contributed by atoms with Crippen molar-refractivity contribution in [3.8, 4) is 11.5 Å². The van der Waals surface area contributed by atoms with Gasteiger partial charge in [-0.1, -0.05) is 28.1 Å². The average Bonchev–Trinajstić information content (AvgIpc) is 3.46. The Hall–Kier alpha value is -3.52. The van der Waals surface area contributed by atoms with Gasteiger partial charge in [-0.2, -0.15) is 0 Å². The molecule has 34 heavy (non-hydrogen) atoms. The van der Waals surface area contributed by atoms with Crippen LogP contribution in [0.2, 0.25) is 0 Å². The van der Waals surface area contributed by atoms with Gasteiger partial charge in [-0.15, -0.1) is 6.58 Å². The fourth-order valence-electron chi connectivity index (χ4n) is 3.66. The lowest BCUT2D eigenvalue weighted by atomic mass is 10.1. The summed E-state index contributed by atoms with van der Waals surface area (Å²) in [5.74, 6) is 2.32. The van der Waals surface area contributed by atoms with Crippen molar-refractivity contribution in [1.29, 1.82) is 0 Å². The van der Waals surface area contributed by atoms with Crippen molar-refractivity contribution < 1.29 is 23.5 Å². The highest BCUT2D eigenvalue weighted by atomic mass is 79.9. The van der Waals surface area contributed by atoms with Gasteiger partial charge >= 0.3 is 0 Å². The molecular weight excluding hydrogens is 500 g/mol. The van der Waals surface area contributed by atoms with E-state index in [4.69, 9.17) is 13.9 Å². The summed E-state index contributed by atoms with van der Waals surface area (Å²) >= 11 is 3.38. The van der Waals surface area contributed by atoms with Gasteiger partial charge in [-0.25, -0.2) is 0 Å². The maximum absolute atomic E-state index is 13.5. The predicted octanol–water partition coefficient (Wildman–Crippen LogP) is 4.94. The van der Waals surface area contributed by atoms with Gasteiger partial charge in [0.1, 0.15) is 18.1 Å². The second-order valence-electron chi connectivity index (χ2n) is 7.93. The highest BCUT2D eigenvalue weighted by Gasteiger charge is 2.24. The topological polar surface area (TPSA) is 72.2 Å². The zero-order valence-electron chi connectivity index (χ0n) is 18.8. The van der Waals surface area contributed by atoms with Crippen molar-refractivity contribution in [3.05, 3.63) is 94.4 Å². The molecule has 3 aromatic rings. The molecule has 1 aliphatic rings. The van der Waals surface area contributed by atoms with Crippen LogP contribution >= 0.6 is 15.9 Å². The third kappa shape index (κ3) is 5.69. The molecule has 0 N–H and O–H groups in total. The number of ether oxygens (including phenoxy) is 2. The van der Waals surface area contributed by atoms with E-state index in [-0.39, 0.29) is 38.2 Å². The van der Waals surface area contributed by atoms with E-state index < -0.39 is 0 Å². The number of halogens is 1. The molecule has 2 aromatic carbocycles. The van der Waals surface area contributed by atoms with Crippen LogP contribution in [0.4, 0.5) is 0 Å². The lowest BCUT2D eigenvalue weighted by Gasteiger charge is -2.27.